The summed E-state index contributed by atoms with van der Waals surface area (Å²) in [5.74, 6) is 2.22. The minimum absolute atomic E-state index is 0. The van der Waals surface area contributed by atoms with Crippen molar-refractivity contribution >= 4 is 18.2 Å². The van der Waals surface area contributed by atoms with Crippen LogP contribution in [0.15, 0.2) is 72.8 Å². The van der Waals surface area contributed by atoms with E-state index in [0.29, 0.717) is 30.2 Å². The number of carbonyl (C=O) groups is 1. The highest BCUT2D eigenvalue weighted by molar-refractivity contribution is 5.97. The monoisotopic (exact) mass is 441 g/mol. The number of nitrogens with one attached hydrogen (secondary N) is 1. The second-order valence-electron chi connectivity index (χ2n) is 6.84. The number of benzene rings is 3. The maximum absolute atomic E-state index is 12.4. The van der Waals surface area contributed by atoms with Crippen LogP contribution in [0, 0.1) is 0 Å². The molecule has 0 heterocycles. The van der Waals surface area contributed by atoms with Gasteiger partial charge in [0.25, 0.3) is 0 Å². The fraction of sp³-hybridized carbons (Fsp3) is 0.240. The lowest BCUT2D eigenvalue weighted by atomic mass is 10.1. The van der Waals surface area contributed by atoms with Gasteiger partial charge in [0, 0.05) is 5.56 Å². The summed E-state index contributed by atoms with van der Waals surface area (Å²) < 4.78 is 16.3. The van der Waals surface area contributed by atoms with Crippen LogP contribution in [0.3, 0.4) is 0 Å². The summed E-state index contributed by atoms with van der Waals surface area (Å²) in [5.41, 5.74) is 2.89. The summed E-state index contributed by atoms with van der Waals surface area (Å²) in [6, 6.07) is 23.1. The van der Waals surface area contributed by atoms with Crippen molar-refractivity contribution in [1.82, 2.24) is 5.32 Å². The zero-order valence-corrected chi connectivity index (χ0v) is 18.6. The molecule has 3 rings (SSSR count). The third-order valence-electron chi connectivity index (χ3n) is 4.75. The number of halogens is 1. The third kappa shape index (κ3) is 7.31. The number of ether oxygens (including phenoxy) is 3. The van der Waals surface area contributed by atoms with Crippen LogP contribution in [0.5, 0.6) is 17.2 Å². The molecule has 0 atom stereocenters. The normalized spacial score (nSPS) is 10.1. The molecule has 0 aliphatic heterocycles. The lowest BCUT2D eigenvalue weighted by Gasteiger charge is -2.10. The van der Waals surface area contributed by atoms with Crippen molar-refractivity contribution in [1.29, 1.82) is 0 Å². The number of hydrogen-bond donors (Lipinski definition) is 1. The summed E-state index contributed by atoms with van der Waals surface area (Å²) in [4.78, 5) is 12.4. The Kier molecular flexibility index (Phi) is 9.88. The van der Waals surface area contributed by atoms with Gasteiger partial charge in [0.1, 0.15) is 12.4 Å². The molecule has 3 aromatic carbocycles. The fourth-order valence-corrected chi connectivity index (χ4v) is 3.05. The van der Waals surface area contributed by atoms with Gasteiger partial charge in [-0.25, -0.2) is 0 Å². The highest BCUT2D eigenvalue weighted by Gasteiger charge is 2.07. The second-order valence-corrected chi connectivity index (χ2v) is 6.84. The molecule has 0 radical (unpaired) electrons. The van der Waals surface area contributed by atoms with Crippen LogP contribution in [0.1, 0.15) is 21.5 Å². The molecule has 31 heavy (non-hydrogen) atoms. The van der Waals surface area contributed by atoms with E-state index < -0.39 is 0 Å². The minimum Gasteiger partial charge on any atom is -0.493 e. The highest BCUT2D eigenvalue weighted by Crippen LogP contribution is 2.27. The highest BCUT2D eigenvalue weighted by atomic mass is 35.5. The van der Waals surface area contributed by atoms with E-state index in [1.165, 1.54) is 0 Å². The van der Waals surface area contributed by atoms with Gasteiger partial charge in [-0.2, -0.15) is 0 Å². The van der Waals surface area contributed by atoms with Crippen molar-refractivity contribution < 1.29 is 19.0 Å². The zero-order chi connectivity index (χ0) is 21.2. The number of Topliss-reactive ketones (excluding diaryl/α,β-unsaturated/α-hetero) is 1. The number of carbonyl (C=O) groups excluding carboxylic acids is 1. The topological polar surface area (TPSA) is 56.8 Å². The Balaban J connectivity index is 0.00000341. The van der Waals surface area contributed by atoms with Crippen LogP contribution in [0.4, 0.5) is 0 Å². The van der Waals surface area contributed by atoms with Crippen LogP contribution >= 0.6 is 12.4 Å². The molecule has 0 aromatic heterocycles. The molecule has 0 aliphatic rings. The predicted molar refractivity (Wildman–Crippen MR) is 125 cm³/mol. The molecule has 0 saturated carbocycles. The van der Waals surface area contributed by atoms with E-state index in [9.17, 15) is 4.79 Å². The van der Waals surface area contributed by atoms with Crippen molar-refractivity contribution in [3.05, 3.63) is 89.5 Å². The van der Waals surface area contributed by atoms with Crippen LogP contribution in [-0.4, -0.2) is 33.1 Å². The average Bonchev–Trinajstić information content (AvgIpc) is 2.81. The number of ketones is 1. The minimum atomic E-state index is 0. The maximum Gasteiger partial charge on any atom is 0.176 e. The Morgan fingerprint density at radius 1 is 0.839 bits per heavy atom. The molecule has 5 nitrogen and oxygen atoms in total. The first kappa shape index (κ1) is 24.3. The van der Waals surface area contributed by atoms with Gasteiger partial charge in [-0.1, -0.05) is 36.4 Å². The SMILES string of the molecule is COc1ccc(CCNCC(=O)c2ccc(OCc3ccccc3)cc2)cc1OC.Cl. The first-order valence-electron chi connectivity index (χ1n) is 9.91. The van der Waals surface area contributed by atoms with Gasteiger partial charge in [-0.15, -0.1) is 12.4 Å². The average molecular weight is 442 g/mol. The van der Waals surface area contributed by atoms with Gasteiger partial charge in [-0.05, 0) is 60.5 Å². The predicted octanol–water partition coefficient (Wildman–Crippen LogP) is 4.72. The second kappa shape index (κ2) is 12.6. The summed E-state index contributed by atoms with van der Waals surface area (Å²) in [7, 11) is 3.24. The summed E-state index contributed by atoms with van der Waals surface area (Å²) in [5, 5.41) is 3.21. The molecule has 0 spiro atoms. The number of methoxy groups -OCH3 is 2. The van der Waals surface area contributed by atoms with Gasteiger partial charge in [0.15, 0.2) is 17.3 Å². The van der Waals surface area contributed by atoms with Crippen LogP contribution in [0.2, 0.25) is 0 Å². The van der Waals surface area contributed by atoms with Gasteiger partial charge in [-0.3, -0.25) is 4.79 Å². The fourth-order valence-electron chi connectivity index (χ4n) is 3.05. The van der Waals surface area contributed by atoms with Crippen molar-refractivity contribution in [3.8, 4) is 17.2 Å². The maximum atomic E-state index is 12.4. The summed E-state index contributed by atoms with van der Waals surface area (Å²) >= 11 is 0. The van der Waals surface area contributed by atoms with Gasteiger partial charge in [0.05, 0.1) is 20.8 Å². The first-order chi connectivity index (χ1) is 14.7. The number of rotatable bonds is 11. The van der Waals surface area contributed by atoms with Gasteiger partial charge < -0.3 is 19.5 Å². The summed E-state index contributed by atoms with van der Waals surface area (Å²) in [6.45, 7) is 1.49. The van der Waals surface area contributed by atoms with Crippen LogP contribution in [0.25, 0.3) is 0 Å². The van der Waals surface area contributed by atoms with E-state index in [1.807, 2.05) is 60.7 Å². The summed E-state index contributed by atoms with van der Waals surface area (Å²) in [6.07, 6.45) is 0.792. The molecular formula is C25H28ClNO4. The molecule has 0 unspecified atom stereocenters. The standard InChI is InChI=1S/C25H27NO4.ClH/c1-28-24-13-8-19(16-25(24)29-2)14-15-26-17-23(27)21-9-11-22(12-10-21)30-18-20-6-4-3-5-7-20;/h3-13,16,26H,14-15,17-18H2,1-2H3;1H. The molecule has 1 N–H and O–H groups in total. The Morgan fingerprint density at radius 2 is 1.55 bits per heavy atom. The Morgan fingerprint density at radius 3 is 2.23 bits per heavy atom. The van der Waals surface area contributed by atoms with Gasteiger partial charge >= 0.3 is 0 Å². The molecule has 3 aromatic rings. The Labute approximate surface area is 189 Å². The van der Waals surface area contributed by atoms with E-state index in [2.05, 4.69) is 5.32 Å². The quantitative estimate of drug-likeness (QED) is 0.344. The number of hydrogen-bond acceptors (Lipinski definition) is 5. The molecule has 0 fully saturated rings. The largest absolute Gasteiger partial charge is 0.493 e. The molecule has 0 saturated heterocycles. The molecular weight excluding hydrogens is 414 g/mol. The molecule has 0 amide bonds. The van der Waals surface area contributed by atoms with Crippen molar-refractivity contribution in [2.24, 2.45) is 0 Å². The van der Waals surface area contributed by atoms with Crippen LogP contribution in [-0.2, 0) is 13.0 Å². The van der Waals surface area contributed by atoms with E-state index in [0.717, 1.165) is 23.3 Å². The molecule has 0 bridgehead atoms. The van der Waals surface area contributed by atoms with E-state index in [1.54, 1.807) is 26.4 Å². The van der Waals surface area contributed by atoms with Gasteiger partial charge in [0.2, 0.25) is 0 Å². The molecule has 6 heteroatoms. The van der Waals surface area contributed by atoms with E-state index in [4.69, 9.17) is 14.2 Å². The Hall–Kier alpha value is -3.02. The van der Waals surface area contributed by atoms with Crippen molar-refractivity contribution in [2.75, 3.05) is 27.3 Å². The smallest absolute Gasteiger partial charge is 0.176 e. The Bertz CT molecular complexity index is 945. The van der Waals surface area contributed by atoms with Crippen LogP contribution < -0.4 is 19.5 Å². The molecule has 164 valence electrons. The zero-order valence-electron chi connectivity index (χ0n) is 17.8. The van der Waals surface area contributed by atoms with E-state index in [-0.39, 0.29) is 24.7 Å². The van der Waals surface area contributed by atoms with E-state index >= 15 is 0 Å². The van der Waals surface area contributed by atoms with Crippen molar-refractivity contribution in [2.45, 2.75) is 13.0 Å². The first-order valence-corrected chi connectivity index (χ1v) is 9.91. The lowest BCUT2D eigenvalue weighted by Crippen LogP contribution is -2.25. The third-order valence-corrected chi connectivity index (χ3v) is 4.75. The van der Waals surface area contributed by atoms with Crippen molar-refractivity contribution in [3.63, 3.8) is 0 Å². The molecule has 0 aliphatic carbocycles. The lowest BCUT2D eigenvalue weighted by molar-refractivity contribution is 0.0991.